The van der Waals surface area contributed by atoms with E-state index in [9.17, 15) is 4.79 Å². The summed E-state index contributed by atoms with van der Waals surface area (Å²) in [6, 6.07) is 9.48. The van der Waals surface area contributed by atoms with E-state index in [-0.39, 0.29) is 5.91 Å². The van der Waals surface area contributed by atoms with Crippen molar-refractivity contribution in [3.05, 3.63) is 35.9 Å². The number of thioether (sulfide) groups is 1. The maximum Gasteiger partial charge on any atom is 0.235 e. The van der Waals surface area contributed by atoms with Crippen molar-refractivity contribution in [3.63, 3.8) is 0 Å². The molecule has 0 radical (unpaired) electrons. The lowest BCUT2D eigenvalue weighted by Gasteiger charge is -2.10. The number of carbonyl (C=O) groups is 1. The van der Waals surface area contributed by atoms with Gasteiger partial charge in [-0.2, -0.15) is 0 Å². The molecule has 3 N–H and O–H groups in total. The number of hydrogen-bond acceptors (Lipinski definition) is 6. The maximum absolute atomic E-state index is 11.7. The van der Waals surface area contributed by atoms with Crippen LogP contribution in [0.25, 0.3) is 0 Å². The molecule has 0 aliphatic carbocycles. The molecular weight excluding hydrogens is 304 g/mol. The van der Waals surface area contributed by atoms with Crippen LogP contribution < -0.4 is 11.1 Å². The van der Waals surface area contributed by atoms with E-state index >= 15 is 0 Å². The number of unbranched alkanes of at least 4 members (excludes halogenated alkanes) is 1. The van der Waals surface area contributed by atoms with Gasteiger partial charge in [-0.1, -0.05) is 66.8 Å². The van der Waals surface area contributed by atoms with Gasteiger partial charge in [0.05, 0.1) is 0 Å². The average molecular weight is 322 g/mol. The lowest BCUT2D eigenvalue weighted by Crippen LogP contribution is -2.18. The number of nitrogens with zero attached hydrogens (tertiary/aromatic N) is 2. The van der Waals surface area contributed by atoms with Crippen LogP contribution in [0.15, 0.2) is 34.7 Å². The minimum atomic E-state index is -0.442. The van der Waals surface area contributed by atoms with Crippen LogP contribution in [-0.2, 0) is 4.79 Å². The first-order valence-corrected chi connectivity index (χ1v) is 8.48. The maximum atomic E-state index is 11.7. The van der Waals surface area contributed by atoms with Crippen molar-refractivity contribution in [1.29, 1.82) is 0 Å². The fraction of sp³-hybridized carbons (Fsp3) is 0.357. The minimum absolute atomic E-state index is 0.373. The van der Waals surface area contributed by atoms with Crippen molar-refractivity contribution in [2.75, 3.05) is 11.9 Å². The molecule has 0 fully saturated rings. The van der Waals surface area contributed by atoms with Gasteiger partial charge in [-0.15, -0.1) is 10.2 Å². The van der Waals surface area contributed by atoms with Gasteiger partial charge in [0, 0.05) is 6.54 Å². The fourth-order valence-electron chi connectivity index (χ4n) is 1.72. The lowest BCUT2D eigenvalue weighted by molar-refractivity contribution is -0.117. The van der Waals surface area contributed by atoms with Gasteiger partial charge < -0.3 is 11.1 Å². The summed E-state index contributed by atoms with van der Waals surface area (Å²) in [5.74, 6) is -0.373. The predicted octanol–water partition coefficient (Wildman–Crippen LogP) is 3.07. The topological polar surface area (TPSA) is 80.9 Å². The van der Waals surface area contributed by atoms with Gasteiger partial charge in [-0.25, -0.2) is 0 Å². The van der Waals surface area contributed by atoms with Crippen molar-refractivity contribution in [1.82, 2.24) is 10.2 Å². The Morgan fingerprint density at radius 3 is 2.81 bits per heavy atom. The summed E-state index contributed by atoms with van der Waals surface area (Å²) in [5.41, 5.74) is 6.38. The summed E-state index contributed by atoms with van der Waals surface area (Å²) in [4.78, 5) is 11.7. The second-order valence-electron chi connectivity index (χ2n) is 4.46. The molecule has 7 heteroatoms. The van der Waals surface area contributed by atoms with Gasteiger partial charge in [0.2, 0.25) is 11.0 Å². The molecule has 0 saturated heterocycles. The summed E-state index contributed by atoms with van der Waals surface area (Å²) < 4.78 is 0.738. The van der Waals surface area contributed by atoms with Crippen molar-refractivity contribution in [3.8, 4) is 0 Å². The van der Waals surface area contributed by atoms with Crippen LogP contribution in [0.1, 0.15) is 30.6 Å². The Labute approximate surface area is 132 Å². The molecule has 0 saturated carbocycles. The third kappa shape index (κ3) is 4.71. The number of amides is 1. The van der Waals surface area contributed by atoms with E-state index in [0.29, 0.717) is 0 Å². The van der Waals surface area contributed by atoms with Crippen LogP contribution in [0.4, 0.5) is 5.13 Å². The molecule has 21 heavy (non-hydrogen) atoms. The Morgan fingerprint density at radius 1 is 1.38 bits per heavy atom. The summed E-state index contributed by atoms with van der Waals surface area (Å²) >= 11 is 2.79. The van der Waals surface area contributed by atoms with Crippen LogP contribution in [0, 0.1) is 0 Å². The molecule has 112 valence electrons. The molecule has 5 nitrogen and oxygen atoms in total. The van der Waals surface area contributed by atoms with E-state index < -0.39 is 5.25 Å². The standard InChI is InChI=1S/C14H18N4OS2/c1-2-3-9-16-13-17-18-14(21-13)20-11(12(15)19)10-7-5-4-6-8-10/h4-8,11H,2-3,9H2,1H3,(H2,15,19)(H,16,17). The zero-order valence-electron chi connectivity index (χ0n) is 11.8. The molecule has 1 heterocycles. The van der Waals surface area contributed by atoms with E-state index in [0.717, 1.165) is 34.4 Å². The number of nitrogens with one attached hydrogen (secondary N) is 1. The number of hydrogen-bond donors (Lipinski definition) is 2. The van der Waals surface area contributed by atoms with Gasteiger partial charge >= 0.3 is 0 Å². The van der Waals surface area contributed by atoms with E-state index in [1.54, 1.807) is 0 Å². The highest BCUT2D eigenvalue weighted by atomic mass is 32.2. The van der Waals surface area contributed by atoms with Crippen LogP contribution >= 0.6 is 23.1 Å². The number of primary amides is 1. The number of nitrogens with two attached hydrogens (primary N) is 1. The van der Waals surface area contributed by atoms with Crippen molar-refractivity contribution >= 4 is 34.1 Å². The zero-order chi connectivity index (χ0) is 15.1. The highest BCUT2D eigenvalue weighted by Gasteiger charge is 2.21. The van der Waals surface area contributed by atoms with Crippen molar-refractivity contribution in [2.45, 2.75) is 29.4 Å². The number of carbonyl (C=O) groups excluding carboxylic acids is 1. The molecule has 1 amide bonds. The second kappa shape index (κ2) is 7.99. The van der Waals surface area contributed by atoms with Gasteiger partial charge in [-0.05, 0) is 12.0 Å². The SMILES string of the molecule is CCCCNc1nnc(SC(C(N)=O)c2ccccc2)s1. The molecule has 1 aromatic heterocycles. The monoisotopic (exact) mass is 322 g/mol. The Balaban J connectivity index is 2.03. The average Bonchev–Trinajstić information content (AvgIpc) is 2.93. The summed E-state index contributed by atoms with van der Waals surface area (Å²) in [6.45, 7) is 3.02. The smallest absolute Gasteiger partial charge is 0.235 e. The van der Waals surface area contributed by atoms with Crippen LogP contribution in [0.3, 0.4) is 0 Å². The molecule has 2 aromatic rings. The quantitative estimate of drug-likeness (QED) is 0.576. The molecule has 1 aromatic carbocycles. The van der Waals surface area contributed by atoms with Gasteiger partial charge in [0.15, 0.2) is 4.34 Å². The van der Waals surface area contributed by atoms with E-state index in [2.05, 4.69) is 22.4 Å². The summed E-state index contributed by atoms with van der Waals surface area (Å²) in [7, 11) is 0. The molecule has 0 bridgehead atoms. The number of aromatic nitrogens is 2. The first kappa shape index (κ1) is 15.8. The Hall–Kier alpha value is -1.60. The molecule has 1 atom stereocenters. The van der Waals surface area contributed by atoms with E-state index in [1.807, 2.05) is 30.3 Å². The fourth-order valence-corrected chi connectivity index (χ4v) is 3.64. The highest BCUT2D eigenvalue weighted by molar-refractivity contribution is 8.01. The zero-order valence-corrected chi connectivity index (χ0v) is 13.4. The molecule has 2 rings (SSSR count). The largest absolute Gasteiger partial charge is 0.368 e. The highest BCUT2D eigenvalue weighted by Crippen LogP contribution is 2.37. The van der Waals surface area contributed by atoms with Gasteiger partial charge in [-0.3, -0.25) is 4.79 Å². The second-order valence-corrected chi connectivity index (χ2v) is 6.79. The predicted molar refractivity (Wildman–Crippen MR) is 87.5 cm³/mol. The van der Waals surface area contributed by atoms with Crippen LogP contribution in [0.2, 0.25) is 0 Å². The summed E-state index contributed by atoms with van der Waals surface area (Å²) in [6.07, 6.45) is 2.22. The third-order valence-electron chi connectivity index (χ3n) is 2.79. The minimum Gasteiger partial charge on any atom is -0.368 e. The Kier molecular flexibility index (Phi) is 6.01. The van der Waals surface area contributed by atoms with E-state index in [4.69, 9.17) is 5.73 Å². The number of benzene rings is 1. The van der Waals surface area contributed by atoms with Crippen molar-refractivity contribution < 1.29 is 4.79 Å². The van der Waals surface area contributed by atoms with Gasteiger partial charge in [0.25, 0.3) is 0 Å². The molecule has 1 unspecified atom stereocenters. The normalized spacial score (nSPS) is 12.0. The molecule has 0 aliphatic heterocycles. The molecular formula is C14H18N4OS2. The molecule has 0 spiro atoms. The van der Waals surface area contributed by atoms with Crippen LogP contribution in [-0.4, -0.2) is 22.6 Å². The Bertz CT molecular complexity index is 573. The Morgan fingerprint density at radius 2 is 2.14 bits per heavy atom. The van der Waals surface area contributed by atoms with Crippen LogP contribution in [0.5, 0.6) is 0 Å². The first-order chi connectivity index (χ1) is 10.2. The van der Waals surface area contributed by atoms with Crippen molar-refractivity contribution in [2.24, 2.45) is 5.73 Å². The van der Waals surface area contributed by atoms with E-state index in [1.165, 1.54) is 23.1 Å². The van der Waals surface area contributed by atoms with Gasteiger partial charge in [0.1, 0.15) is 5.25 Å². The first-order valence-electron chi connectivity index (χ1n) is 6.79. The number of anilines is 1. The summed E-state index contributed by atoms with van der Waals surface area (Å²) in [5, 5.41) is 11.7. The third-order valence-corrected chi connectivity index (χ3v) is 5.03. The molecule has 0 aliphatic rings. The lowest BCUT2D eigenvalue weighted by atomic mass is 10.1. The number of rotatable bonds is 8.